The van der Waals surface area contributed by atoms with Gasteiger partial charge in [-0.1, -0.05) is 0 Å². The molecule has 178 valence electrons. The number of carboxylic acids is 1. The van der Waals surface area contributed by atoms with Crippen LogP contribution in [0.15, 0.2) is 35.2 Å². The Hall–Kier alpha value is -2.26. The van der Waals surface area contributed by atoms with Crippen LogP contribution in [0.5, 0.6) is 0 Å². The molecule has 0 bridgehead atoms. The number of amides is 1. The summed E-state index contributed by atoms with van der Waals surface area (Å²) in [6.07, 6.45) is -5.88. The zero-order valence-electron chi connectivity index (χ0n) is 18.1. The number of ketones is 1. The quantitative estimate of drug-likeness (QED) is 0.393. The van der Waals surface area contributed by atoms with Gasteiger partial charge in [0.05, 0.1) is 16.3 Å². The molecule has 0 aliphatic carbocycles. The molecule has 1 atom stereocenters. The number of hydrogen-bond acceptors (Lipinski definition) is 8. The van der Waals surface area contributed by atoms with Crippen molar-refractivity contribution in [3.63, 3.8) is 0 Å². The number of carbonyl (C=O) groups is 3. The van der Waals surface area contributed by atoms with Gasteiger partial charge in [-0.3, -0.25) is 14.5 Å². The van der Waals surface area contributed by atoms with Gasteiger partial charge in [0.25, 0.3) is 10.0 Å². The van der Waals surface area contributed by atoms with E-state index in [0.29, 0.717) is 6.54 Å². The molecule has 1 fully saturated rings. The van der Waals surface area contributed by atoms with E-state index >= 15 is 0 Å². The minimum Gasteiger partial charge on any atom is -0.550 e. The van der Waals surface area contributed by atoms with Gasteiger partial charge >= 0.3 is 35.7 Å². The van der Waals surface area contributed by atoms with Gasteiger partial charge in [-0.05, 0) is 43.8 Å². The van der Waals surface area contributed by atoms with Gasteiger partial charge in [-0.25, -0.2) is 17.8 Å². The number of benzene rings is 1. The van der Waals surface area contributed by atoms with Crippen molar-refractivity contribution in [3.05, 3.63) is 41.7 Å². The number of sulfonamides is 1. The third-order valence-electron chi connectivity index (χ3n) is 4.96. The van der Waals surface area contributed by atoms with Gasteiger partial charge in [0.2, 0.25) is 5.91 Å². The Morgan fingerprint density at radius 1 is 1.21 bits per heavy atom. The molecule has 1 aliphatic heterocycles. The molecule has 1 unspecified atom stereocenters. The van der Waals surface area contributed by atoms with Gasteiger partial charge in [-0.2, -0.15) is 18.3 Å². The molecular weight excluding hydrogens is 492 g/mol. The molecule has 3 rings (SSSR count). The van der Waals surface area contributed by atoms with Crippen molar-refractivity contribution >= 4 is 27.7 Å². The Bertz CT molecular complexity index is 1200. The summed E-state index contributed by atoms with van der Waals surface area (Å²) in [5.41, 5.74) is -1.16. The second-order valence-electron chi connectivity index (χ2n) is 7.36. The van der Waals surface area contributed by atoms with Crippen LogP contribution in [0.3, 0.4) is 0 Å². The number of carbonyl (C=O) groups excluding carboxylic acids is 3. The summed E-state index contributed by atoms with van der Waals surface area (Å²) < 4.78 is 67.2. The van der Waals surface area contributed by atoms with Gasteiger partial charge in [0, 0.05) is 25.4 Å². The van der Waals surface area contributed by atoms with Crippen molar-refractivity contribution in [1.29, 1.82) is 0 Å². The molecule has 0 radical (unpaired) electrons. The summed E-state index contributed by atoms with van der Waals surface area (Å²) in [6.45, 7) is 0.366. The van der Waals surface area contributed by atoms with E-state index in [1.54, 1.807) is 16.7 Å². The van der Waals surface area contributed by atoms with Gasteiger partial charge in [0.1, 0.15) is 6.04 Å². The first-order valence-corrected chi connectivity index (χ1v) is 11.0. The van der Waals surface area contributed by atoms with Gasteiger partial charge in [0.15, 0.2) is 11.5 Å². The molecule has 1 aromatic heterocycles. The Kier molecular flexibility index (Phi) is 8.69. The number of rotatable bonds is 7. The van der Waals surface area contributed by atoms with E-state index in [0.717, 1.165) is 22.9 Å². The molecule has 1 aliphatic rings. The number of hydrogen-bond donors (Lipinski definition) is 1. The summed E-state index contributed by atoms with van der Waals surface area (Å²) in [4.78, 5) is 35.5. The zero-order chi connectivity index (χ0) is 24.6. The van der Waals surface area contributed by atoms with Crippen LogP contribution >= 0.6 is 0 Å². The van der Waals surface area contributed by atoms with E-state index < -0.39 is 52.7 Å². The molecule has 0 spiro atoms. The largest absolute Gasteiger partial charge is 1.00 e. The van der Waals surface area contributed by atoms with Crippen molar-refractivity contribution in [2.75, 3.05) is 13.6 Å². The Balaban J connectivity index is 0.00000408. The summed E-state index contributed by atoms with van der Waals surface area (Å²) in [7, 11) is -2.76. The van der Waals surface area contributed by atoms with E-state index in [1.165, 1.54) is 12.1 Å². The maximum atomic E-state index is 13.3. The summed E-state index contributed by atoms with van der Waals surface area (Å²) in [5.74, 6) is -2.85. The number of carboxylic acid groups (broad SMARTS) is 1. The van der Waals surface area contributed by atoms with Crippen molar-refractivity contribution in [3.8, 4) is 5.69 Å². The molecule has 1 amide bonds. The third kappa shape index (κ3) is 6.24. The van der Waals surface area contributed by atoms with Crippen LogP contribution in [0.25, 0.3) is 5.69 Å². The normalized spacial score (nSPS) is 16.8. The summed E-state index contributed by atoms with van der Waals surface area (Å²) >= 11 is 0. The topological polar surface area (TPSA) is 142 Å². The fourth-order valence-electron chi connectivity index (χ4n) is 3.37. The third-order valence-corrected chi connectivity index (χ3v) is 6.35. The van der Waals surface area contributed by atoms with E-state index in [2.05, 4.69) is 5.10 Å². The smallest absolute Gasteiger partial charge is 0.550 e. The van der Waals surface area contributed by atoms with Crippen LogP contribution in [0.4, 0.5) is 13.2 Å². The van der Waals surface area contributed by atoms with Gasteiger partial charge in [-0.15, -0.1) is 0 Å². The first-order valence-electron chi connectivity index (χ1n) is 9.55. The molecule has 2 aromatic rings. The number of likely N-dealkylation sites (tertiary alicyclic amines) is 1. The number of alkyl halides is 3. The van der Waals surface area contributed by atoms with E-state index in [9.17, 15) is 41.1 Å². The molecule has 2 heterocycles. The molecular formula is C19H18F3N4NaO6S. The van der Waals surface area contributed by atoms with Gasteiger partial charge < -0.3 is 9.90 Å². The van der Waals surface area contributed by atoms with Crippen molar-refractivity contribution < 1.29 is 70.6 Å². The first-order chi connectivity index (χ1) is 15.3. The Labute approximate surface area is 214 Å². The van der Waals surface area contributed by atoms with Crippen LogP contribution in [-0.4, -0.2) is 54.4 Å². The van der Waals surface area contributed by atoms with E-state index in [4.69, 9.17) is 0 Å². The molecule has 1 saturated heterocycles. The van der Waals surface area contributed by atoms with Crippen LogP contribution < -0.4 is 39.4 Å². The number of halogens is 3. The van der Waals surface area contributed by atoms with E-state index in [1.807, 2.05) is 0 Å². The SMILES string of the molecule is CN1CCC(=O)C1c1cc(C(F)(F)F)nn1-c1ccc(S(=O)(=O)NC(=O)CCC(=O)[O-])cc1.[Na+]. The fourth-order valence-corrected chi connectivity index (χ4v) is 4.38. The molecule has 10 nitrogen and oxygen atoms in total. The van der Waals surface area contributed by atoms with Crippen LogP contribution in [-0.2, 0) is 30.6 Å². The standard InChI is InChI=1S/C19H19F3N4O6S.Na/c1-25-9-8-14(27)18(25)13-10-15(19(20,21)22)23-26(13)11-2-4-12(5-3-11)33(31,32)24-16(28)6-7-17(29)30;/h2-5,10,18H,6-9H2,1H3,(H,24,28)(H,29,30);/q;+1/p-1. The maximum Gasteiger partial charge on any atom is 1.00 e. The van der Waals surface area contributed by atoms with E-state index in [-0.39, 0.29) is 58.0 Å². The number of aromatic nitrogens is 2. The van der Waals surface area contributed by atoms with Crippen LogP contribution in [0.2, 0.25) is 0 Å². The number of likely N-dealkylation sites (N-methyl/N-ethyl adjacent to an activating group) is 1. The average molecular weight is 510 g/mol. The monoisotopic (exact) mass is 510 g/mol. The summed E-state index contributed by atoms with van der Waals surface area (Å²) in [5, 5.41) is 14.0. The molecule has 15 heteroatoms. The Morgan fingerprint density at radius 3 is 2.32 bits per heavy atom. The maximum absolute atomic E-state index is 13.3. The predicted molar refractivity (Wildman–Crippen MR) is 103 cm³/mol. The van der Waals surface area contributed by atoms with Crippen molar-refractivity contribution in [1.82, 2.24) is 19.4 Å². The molecule has 1 N–H and O–H groups in total. The number of aliphatic carboxylic acids is 1. The minimum atomic E-state index is -4.76. The van der Waals surface area contributed by atoms with Crippen molar-refractivity contribution in [2.45, 2.75) is 36.4 Å². The summed E-state index contributed by atoms with van der Waals surface area (Å²) in [6, 6.07) is 4.28. The van der Waals surface area contributed by atoms with Crippen LogP contribution in [0, 0.1) is 0 Å². The second kappa shape index (κ2) is 10.6. The predicted octanol–water partition coefficient (Wildman–Crippen LogP) is -2.82. The Morgan fingerprint density at radius 2 is 1.82 bits per heavy atom. The molecule has 0 saturated carbocycles. The minimum absolute atomic E-state index is 0. The second-order valence-corrected chi connectivity index (χ2v) is 9.04. The van der Waals surface area contributed by atoms with Crippen LogP contribution in [0.1, 0.15) is 36.7 Å². The van der Waals surface area contributed by atoms with Crippen molar-refractivity contribution in [2.24, 2.45) is 0 Å². The molecule has 34 heavy (non-hydrogen) atoms. The number of Topliss-reactive ketones (excluding diaryl/α,β-unsaturated/α-hetero) is 1. The average Bonchev–Trinajstić information content (AvgIpc) is 3.29. The molecule has 1 aromatic carbocycles. The number of nitrogens with zero attached hydrogens (tertiary/aromatic N) is 3. The zero-order valence-corrected chi connectivity index (χ0v) is 20.9. The number of nitrogens with one attached hydrogen (secondary N) is 1. The first kappa shape index (κ1) is 28.0. The fraction of sp³-hybridized carbons (Fsp3) is 0.368.